The lowest BCUT2D eigenvalue weighted by Gasteiger charge is -2.14. The Kier molecular flexibility index (Phi) is 5.89. The molecule has 2 rings (SSSR count). The van der Waals surface area contributed by atoms with Gasteiger partial charge in [0.1, 0.15) is 23.9 Å². The van der Waals surface area contributed by atoms with Crippen LogP contribution in [0.25, 0.3) is 0 Å². The van der Waals surface area contributed by atoms with Crippen molar-refractivity contribution in [3.63, 3.8) is 0 Å². The quantitative estimate of drug-likeness (QED) is 0.470. The molecule has 0 radical (unpaired) electrons. The number of nitrogens with one attached hydrogen (secondary N) is 2. The van der Waals surface area contributed by atoms with Crippen LogP contribution in [0.1, 0.15) is 31.4 Å². The van der Waals surface area contributed by atoms with Crippen molar-refractivity contribution in [1.82, 2.24) is 15.4 Å². The van der Waals surface area contributed by atoms with E-state index in [1.807, 2.05) is 6.92 Å². The summed E-state index contributed by atoms with van der Waals surface area (Å²) in [6, 6.07) is 2.49. The third-order valence-corrected chi connectivity index (χ3v) is 3.69. The number of hydrazone groups is 1. The molecule has 0 aliphatic rings. The highest BCUT2D eigenvalue weighted by molar-refractivity contribution is 6.03. The van der Waals surface area contributed by atoms with E-state index in [-0.39, 0.29) is 17.4 Å². The van der Waals surface area contributed by atoms with E-state index in [4.69, 9.17) is 0 Å². The van der Waals surface area contributed by atoms with E-state index in [0.717, 1.165) is 0 Å². The van der Waals surface area contributed by atoms with Crippen LogP contribution in [0.3, 0.4) is 0 Å². The lowest BCUT2D eigenvalue weighted by Crippen LogP contribution is -2.35. The molecule has 25 heavy (non-hydrogen) atoms. The smallest absolute Gasteiger partial charge is 0.262 e. The lowest BCUT2D eigenvalue weighted by molar-refractivity contribution is -0.121. The highest BCUT2D eigenvalue weighted by Crippen LogP contribution is 2.30. The average molecular weight is 343 g/mol. The van der Waals surface area contributed by atoms with Gasteiger partial charge in [-0.2, -0.15) is 5.10 Å². The zero-order valence-electron chi connectivity index (χ0n) is 14.3. The van der Waals surface area contributed by atoms with Crippen LogP contribution in [0.4, 0.5) is 5.69 Å². The number of hydrogen-bond donors (Lipinski definition) is 4. The number of anilines is 1. The van der Waals surface area contributed by atoms with Crippen molar-refractivity contribution in [3.05, 3.63) is 42.0 Å². The maximum Gasteiger partial charge on any atom is 0.262 e. The molecule has 4 N–H and O–H groups in total. The summed E-state index contributed by atoms with van der Waals surface area (Å²) < 4.78 is 0. The Hall–Kier alpha value is -3.16. The first-order valence-electron chi connectivity index (χ1n) is 7.83. The van der Waals surface area contributed by atoms with Crippen LogP contribution in [0.15, 0.2) is 36.0 Å². The second kappa shape index (κ2) is 8.09. The van der Waals surface area contributed by atoms with E-state index in [1.54, 1.807) is 32.3 Å². The van der Waals surface area contributed by atoms with Crippen LogP contribution in [-0.2, 0) is 4.79 Å². The van der Waals surface area contributed by atoms with Crippen molar-refractivity contribution in [2.45, 2.75) is 33.2 Å². The molecule has 1 heterocycles. The van der Waals surface area contributed by atoms with Crippen LogP contribution >= 0.6 is 0 Å². The number of hydrogen-bond acceptors (Lipinski definition) is 7. The van der Waals surface area contributed by atoms with Crippen molar-refractivity contribution >= 4 is 17.3 Å². The summed E-state index contributed by atoms with van der Waals surface area (Å²) in [5.74, 6) is -0.393. The molecule has 2 aromatic rings. The fourth-order valence-corrected chi connectivity index (χ4v) is 2.16. The number of phenolic OH excluding ortho intramolecular Hbond substituents is 2. The average Bonchev–Trinajstić information content (AvgIpc) is 2.62. The van der Waals surface area contributed by atoms with Crippen LogP contribution in [-0.4, -0.2) is 37.8 Å². The molecule has 0 saturated carbocycles. The minimum absolute atomic E-state index is 0.00337. The molecule has 0 aliphatic heterocycles. The highest BCUT2D eigenvalue weighted by Gasteiger charge is 2.15. The largest absolute Gasteiger partial charge is 0.508 e. The van der Waals surface area contributed by atoms with Crippen molar-refractivity contribution in [2.75, 3.05) is 5.32 Å². The molecule has 1 unspecified atom stereocenters. The highest BCUT2D eigenvalue weighted by atomic mass is 16.3. The van der Waals surface area contributed by atoms with Crippen molar-refractivity contribution in [1.29, 1.82) is 0 Å². The minimum Gasteiger partial charge on any atom is -0.508 e. The second-order valence-corrected chi connectivity index (χ2v) is 5.49. The van der Waals surface area contributed by atoms with Gasteiger partial charge in [0, 0.05) is 11.1 Å². The number of amides is 1. The molecule has 1 aromatic heterocycles. The van der Waals surface area contributed by atoms with Crippen LogP contribution in [0.5, 0.6) is 11.5 Å². The second-order valence-electron chi connectivity index (χ2n) is 5.49. The van der Waals surface area contributed by atoms with Gasteiger partial charge in [-0.05, 0) is 32.4 Å². The number of aromatic nitrogens is 2. The summed E-state index contributed by atoms with van der Waals surface area (Å²) in [5.41, 5.74) is 4.44. The van der Waals surface area contributed by atoms with Gasteiger partial charge in [-0.15, -0.1) is 0 Å². The Morgan fingerprint density at radius 1 is 1.28 bits per heavy atom. The summed E-state index contributed by atoms with van der Waals surface area (Å²) in [7, 11) is 0. The Balaban J connectivity index is 2.10. The molecular formula is C17H21N5O3. The molecule has 0 saturated heterocycles. The fourth-order valence-electron chi connectivity index (χ4n) is 2.16. The molecule has 0 aliphatic carbocycles. The van der Waals surface area contributed by atoms with Gasteiger partial charge in [0.2, 0.25) is 0 Å². The summed E-state index contributed by atoms with van der Waals surface area (Å²) in [6.07, 6.45) is 5.02. The van der Waals surface area contributed by atoms with Gasteiger partial charge < -0.3 is 15.5 Å². The molecule has 8 heteroatoms. The number of aromatic hydroxyl groups is 2. The summed E-state index contributed by atoms with van der Waals surface area (Å²) in [4.78, 5) is 19.9. The predicted octanol–water partition coefficient (Wildman–Crippen LogP) is 1.93. The maximum absolute atomic E-state index is 12.2. The summed E-state index contributed by atoms with van der Waals surface area (Å²) in [5, 5.41) is 26.9. The minimum atomic E-state index is -0.553. The Labute approximate surface area is 145 Å². The third kappa shape index (κ3) is 4.43. The zero-order chi connectivity index (χ0) is 18.4. The van der Waals surface area contributed by atoms with Gasteiger partial charge in [0.05, 0.1) is 23.8 Å². The summed E-state index contributed by atoms with van der Waals surface area (Å²) in [6.45, 7) is 5.15. The van der Waals surface area contributed by atoms with Gasteiger partial charge in [0.15, 0.2) is 0 Å². The van der Waals surface area contributed by atoms with Gasteiger partial charge in [-0.3, -0.25) is 4.79 Å². The molecule has 0 bridgehead atoms. The van der Waals surface area contributed by atoms with Gasteiger partial charge in [0.25, 0.3) is 5.91 Å². The summed E-state index contributed by atoms with van der Waals surface area (Å²) >= 11 is 0. The van der Waals surface area contributed by atoms with E-state index >= 15 is 0 Å². The number of phenols is 2. The van der Waals surface area contributed by atoms with Crippen molar-refractivity contribution < 1.29 is 15.0 Å². The monoisotopic (exact) mass is 343 g/mol. The molecule has 1 atom stereocenters. The molecule has 1 amide bonds. The van der Waals surface area contributed by atoms with Gasteiger partial charge in [-0.25, -0.2) is 15.4 Å². The number of carbonyl (C=O) groups excluding carboxylic acids is 1. The van der Waals surface area contributed by atoms with E-state index < -0.39 is 6.04 Å². The normalized spacial score (nSPS) is 12.5. The Morgan fingerprint density at radius 3 is 2.60 bits per heavy atom. The molecule has 132 valence electrons. The topological polar surface area (TPSA) is 120 Å². The predicted molar refractivity (Wildman–Crippen MR) is 94.6 cm³/mol. The molecule has 8 nitrogen and oxygen atoms in total. The first kappa shape index (κ1) is 18.2. The van der Waals surface area contributed by atoms with Crippen LogP contribution in [0, 0.1) is 6.92 Å². The van der Waals surface area contributed by atoms with Gasteiger partial charge in [-0.1, -0.05) is 6.92 Å². The lowest BCUT2D eigenvalue weighted by atomic mass is 10.0. The molecular weight excluding hydrogens is 322 g/mol. The SMILES string of the molecule is CCC(=NNC(=O)C(C)Nc1cncnc1)c1ccc(O)c(C)c1O. The standard InChI is InChI=1S/C17H21N5O3/c1-4-14(13-5-6-15(23)10(2)16(13)24)21-22-17(25)11(3)20-12-7-18-9-19-8-12/h5-9,11,20,23-24H,4H2,1-3H3,(H,22,25). The van der Waals surface area contributed by atoms with E-state index in [0.29, 0.717) is 28.9 Å². The third-order valence-electron chi connectivity index (χ3n) is 3.69. The fraction of sp³-hybridized carbons (Fsp3) is 0.294. The first-order valence-corrected chi connectivity index (χ1v) is 7.83. The van der Waals surface area contributed by atoms with Crippen LogP contribution < -0.4 is 10.7 Å². The Bertz CT molecular complexity index is 777. The molecule has 1 aromatic carbocycles. The number of carbonyl (C=O) groups is 1. The van der Waals surface area contributed by atoms with E-state index in [1.165, 1.54) is 12.4 Å². The number of benzene rings is 1. The molecule has 0 spiro atoms. The number of rotatable bonds is 6. The van der Waals surface area contributed by atoms with Crippen LogP contribution in [0.2, 0.25) is 0 Å². The first-order chi connectivity index (χ1) is 11.9. The van der Waals surface area contributed by atoms with Crippen molar-refractivity contribution in [3.8, 4) is 11.5 Å². The number of nitrogens with zero attached hydrogens (tertiary/aromatic N) is 3. The van der Waals surface area contributed by atoms with Gasteiger partial charge >= 0.3 is 0 Å². The van der Waals surface area contributed by atoms with E-state index in [9.17, 15) is 15.0 Å². The van der Waals surface area contributed by atoms with E-state index in [2.05, 4.69) is 25.8 Å². The Morgan fingerprint density at radius 2 is 1.96 bits per heavy atom. The maximum atomic E-state index is 12.2. The van der Waals surface area contributed by atoms with Crippen molar-refractivity contribution in [2.24, 2.45) is 5.10 Å². The molecule has 0 fully saturated rings. The zero-order valence-corrected chi connectivity index (χ0v) is 14.3.